The second kappa shape index (κ2) is 7.92. The van der Waals surface area contributed by atoms with Crippen LogP contribution in [-0.4, -0.2) is 36.5 Å². The van der Waals surface area contributed by atoms with E-state index in [1.165, 1.54) is 5.56 Å². The number of esters is 1. The van der Waals surface area contributed by atoms with Crippen molar-refractivity contribution in [1.82, 2.24) is 4.90 Å². The van der Waals surface area contributed by atoms with Gasteiger partial charge in [-0.2, -0.15) is 0 Å². The highest BCUT2D eigenvalue weighted by molar-refractivity contribution is 5.78. The molecule has 0 N–H and O–H groups in total. The normalized spacial score (nSPS) is 18.1. The van der Waals surface area contributed by atoms with E-state index in [9.17, 15) is 9.59 Å². The molecule has 22 heavy (non-hydrogen) atoms. The predicted molar refractivity (Wildman–Crippen MR) is 81.9 cm³/mol. The second-order valence-electron chi connectivity index (χ2n) is 5.79. The molecule has 1 aromatic heterocycles. The van der Waals surface area contributed by atoms with Gasteiger partial charge in [0.25, 0.3) is 0 Å². The van der Waals surface area contributed by atoms with Gasteiger partial charge in [-0.25, -0.2) is 4.57 Å². The van der Waals surface area contributed by atoms with Crippen molar-refractivity contribution in [2.75, 3.05) is 19.7 Å². The number of likely N-dealkylation sites (tertiary alicyclic amines) is 1. The first kappa shape index (κ1) is 16.5. The first-order valence-corrected chi connectivity index (χ1v) is 8.00. The Labute approximate surface area is 131 Å². The van der Waals surface area contributed by atoms with Gasteiger partial charge in [-0.15, -0.1) is 0 Å². The summed E-state index contributed by atoms with van der Waals surface area (Å²) in [6.45, 7) is 6.15. The molecule has 5 nitrogen and oxygen atoms in total. The molecule has 5 heteroatoms. The molecule has 0 aromatic carbocycles. The van der Waals surface area contributed by atoms with Crippen LogP contribution >= 0.6 is 0 Å². The molecule has 1 saturated heterocycles. The minimum atomic E-state index is -0.173. The first-order valence-electron chi connectivity index (χ1n) is 8.00. The average Bonchev–Trinajstić information content (AvgIpc) is 2.54. The fourth-order valence-electron chi connectivity index (χ4n) is 2.72. The summed E-state index contributed by atoms with van der Waals surface area (Å²) < 4.78 is 7.08. The Hall–Kier alpha value is -1.91. The van der Waals surface area contributed by atoms with Gasteiger partial charge >= 0.3 is 5.97 Å². The predicted octanol–water partition coefficient (Wildman–Crippen LogP) is 1.47. The minimum absolute atomic E-state index is 0.113. The number of aromatic nitrogens is 1. The second-order valence-corrected chi connectivity index (χ2v) is 5.79. The van der Waals surface area contributed by atoms with Gasteiger partial charge in [-0.05, 0) is 32.3 Å². The van der Waals surface area contributed by atoms with Crippen molar-refractivity contribution in [3.8, 4) is 0 Å². The summed E-state index contributed by atoms with van der Waals surface area (Å²) in [5.41, 5.74) is 1.20. The number of carbonyl (C=O) groups excluding carboxylic acids is 2. The maximum atomic E-state index is 12.3. The van der Waals surface area contributed by atoms with E-state index in [1.807, 2.05) is 42.9 Å². The standard InChI is InChI=1S/C17H25N2O3/c1-3-22-17(21)15-5-4-9-19(13-15)16(20)8-12-18-10-6-14(2)7-11-18/h6-7,10-11,15H,3-5,8-9,12-13H2,1-2H3/q+1. The number of piperidine rings is 1. The maximum Gasteiger partial charge on any atom is 0.310 e. The van der Waals surface area contributed by atoms with Crippen molar-refractivity contribution in [2.24, 2.45) is 5.92 Å². The van der Waals surface area contributed by atoms with Gasteiger partial charge in [0.15, 0.2) is 18.9 Å². The van der Waals surface area contributed by atoms with Gasteiger partial charge in [-0.3, -0.25) is 9.59 Å². The zero-order valence-electron chi connectivity index (χ0n) is 13.5. The highest BCUT2D eigenvalue weighted by Crippen LogP contribution is 2.18. The molecular formula is C17H25N2O3+. The summed E-state index contributed by atoms with van der Waals surface area (Å²) in [7, 11) is 0. The third-order valence-corrected chi connectivity index (χ3v) is 4.04. The van der Waals surface area contributed by atoms with Crippen LogP contribution in [0, 0.1) is 12.8 Å². The van der Waals surface area contributed by atoms with Crippen LogP contribution in [0.25, 0.3) is 0 Å². The van der Waals surface area contributed by atoms with E-state index in [1.54, 1.807) is 4.90 Å². The average molecular weight is 305 g/mol. The molecule has 120 valence electrons. The van der Waals surface area contributed by atoms with E-state index in [-0.39, 0.29) is 17.8 Å². The summed E-state index contributed by atoms with van der Waals surface area (Å²) >= 11 is 0. The molecule has 0 aliphatic carbocycles. The molecular weight excluding hydrogens is 280 g/mol. The largest absolute Gasteiger partial charge is 0.466 e. The third-order valence-electron chi connectivity index (χ3n) is 4.04. The molecule has 1 fully saturated rings. The molecule has 0 radical (unpaired) electrons. The van der Waals surface area contributed by atoms with Crippen LogP contribution in [-0.2, 0) is 20.9 Å². The molecule has 1 atom stereocenters. The zero-order valence-corrected chi connectivity index (χ0v) is 13.5. The summed E-state index contributed by atoms with van der Waals surface area (Å²) in [5, 5.41) is 0. The number of hydrogen-bond donors (Lipinski definition) is 0. The lowest BCUT2D eigenvalue weighted by molar-refractivity contribution is -0.696. The number of hydrogen-bond acceptors (Lipinski definition) is 3. The molecule has 1 amide bonds. The molecule has 1 aliphatic heterocycles. The highest BCUT2D eigenvalue weighted by Gasteiger charge is 2.29. The Kier molecular flexibility index (Phi) is 5.92. The Morgan fingerprint density at radius 3 is 2.77 bits per heavy atom. The fraction of sp³-hybridized carbons (Fsp3) is 0.588. The maximum absolute atomic E-state index is 12.3. The fourth-order valence-corrected chi connectivity index (χ4v) is 2.72. The lowest BCUT2D eigenvalue weighted by Gasteiger charge is -2.31. The van der Waals surface area contributed by atoms with Crippen LogP contribution in [0.3, 0.4) is 0 Å². The monoisotopic (exact) mass is 305 g/mol. The highest BCUT2D eigenvalue weighted by atomic mass is 16.5. The Morgan fingerprint density at radius 2 is 2.09 bits per heavy atom. The van der Waals surface area contributed by atoms with Crippen molar-refractivity contribution < 1.29 is 18.9 Å². The van der Waals surface area contributed by atoms with E-state index in [4.69, 9.17) is 4.74 Å². The van der Waals surface area contributed by atoms with Crippen LogP contribution < -0.4 is 4.57 Å². The van der Waals surface area contributed by atoms with E-state index in [0.29, 0.717) is 26.1 Å². The number of ether oxygens (including phenoxy) is 1. The minimum Gasteiger partial charge on any atom is -0.466 e. The lowest BCUT2D eigenvalue weighted by atomic mass is 9.98. The topological polar surface area (TPSA) is 50.5 Å². The Balaban J connectivity index is 1.83. The van der Waals surface area contributed by atoms with E-state index in [0.717, 1.165) is 19.4 Å². The first-order chi connectivity index (χ1) is 10.6. The number of pyridine rings is 1. The third kappa shape index (κ3) is 4.55. The quantitative estimate of drug-likeness (QED) is 0.611. The van der Waals surface area contributed by atoms with Crippen molar-refractivity contribution in [3.63, 3.8) is 0 Å². The lowest BCUT2D eigenvalue weighted by Crippen LogP contribution is -2.44. The van der Waals surface area contributed by atoms with Crippen molar-refractivity contribution in [2.45, 2.75) is 39.7 Å². The molecule has 0 spiro atoms. The van der Waals surface area contributed by atoms with Gasteiger partial charge in [0.2, 0.25) is 5.91 Å². The number of aryl methyl sites for hydroxylation is 2. The van der Waals surface area contributed by atoms with Gasteiger partial charge in [0.1, 0.15) is 0 Å². The number of rotatable bonds is 5. The summed E-state index contributed by atoms with van der Waals surface area (Å²) in [4.78, 5) is 25.9. The number of amides is 1. The van der Waals surface area contributed by atoms with Crippen LogP contribution in [0.1, 0.15) is 31.7 Å². The SMILES string of the molecule is CCOC(=O)C1CCCN(C(=O)CC[n+]2ccc(C)cc2)C1. The van der Waals surface area contributed by atoms with Crippen molar-refractivity contribution in [1.29, 1.82) is 0 Å². The summed E-state index contributed by atoms with van der Waals surface area (Å²) in [5.74, 6) is -0.223. The van der Waals surface area contributed by atoms with Gasteiger partial charge in [0, 0.05) is 25.2 Å². The van der Waals surface area contributed by atoms with Crippen LogP contribution in [0.4, 0.5) is 0 Å². The van der Waals surface area contributed by atoms with Crippen molar-refractivity contribution in [3.05, 3.63) is 30.1 Å². The molecule has 0 bridgehead atoms. The summed E-state index contributed by atoms with van der Waals surface area (Å²) in [6, 6.07) is 4.06. The van der Waals surface area contributed by atoms with Gasteiger partial charge in [-0.1, -0.05) is 0 Å². The van der Waals surface area contributed by atoms with E-state index < -0.39 is 0 Å². The van der Waals surface area contributed by atoms with Gasteiger partial charge in [0.05, 0.1) is 18.9 Å². The number of nitrogens with zero attached hydrogens (tertiary/aromatic N) is 2. The van der Waals surface area contributed by atoms with Crippen molar-refractivity contribution >= 4 is 11.9 Å². The molecule has 1 aliphatic rings. The summed E-state index contributed by atoms with van der Waals surface area (Å²) in [6.07, 6.45) is 6.12. The smallest absolute Gasteiger partial charge is 0.310 e. The van der Waals surface area contributed by atoms with Crippen LogP contribution in [0.2, 0.25) is 0 Å². The molecule has 1 aromatic rings. The van der Waals surface area contributed by atoms with Gasteiger partial charge < -0.3 is 9.64 Å². The van der Waals surface area contributed by atoms with E-state index in [2.05, 4.69) is 0 Å². The number of carbonyl (C=O) groups is 2. The Bertz CT molecular complexity index is 513. The van der Waals surface area contributed by atoms with Crippen LogP contribution in [0.15, 0.2) is 24.5 Å². The molecule has 1 unspecified atom stereocenters. The molecule has 0 saturated carbocycles. The molecule has 2 heterocycles. The van der Waals surface area contributed by atoms with Crippen LogP contribution in [0.5, 0.6) is 0 Å². The van der Waals surface area contributed by atoms with E-state index >= 15 is 0 Å². The molecule has 2 rings (SSSR count). The Morgan fingerprint density at radius 1 is 1.36 bits per heavy atom. The zero-order chi connectivity index (χ0) is 15.9.